The van der Waals surface area contributed by atoms with E-state index in [0.717, 1.165) is 15.7 Å². The molecule has 4 nitrogen and oxygen atoms in total. The minimum atomic E-state index is -0.887. The van der Waals surface area contributed by atoms with Gasteiger partial charge in [0.15, 0.2) is 0 Å². The molecule has 0 bridgehead atoms. The van der Waals surface area contributed by atoms with Crippen molar-refractivity contribution < 1.29 is 15.0 Å². The van der Waals surface area contributed by atoms with E-state index >= 15 is 0 Å². The fourth-order valence-corrected chi connectivity index (χ4v) is 1.71. The normalized spacial score (nSPS) is 12.2. The van der Waals surface area contributed by atoms with Crippen LogP contribution < -0.4 is 5.32 Å². The number of carbonyl (C=O) groups is 1. The van der Waals surface area contributed by atoms with Crippen LogP contribution in [0, 0.1) is 6.92 Å². The van der Waals surface area contributed by atoms with Crippen molar-refractivity contribution in [3.05, 3.63) is 28.2 Å². The second kappa shape index (κ2) is 6.61. The van der Waals surface area contributed by atoms with Crippen molar-refractivity contribution in [2.45, 2.75) is 25.9 Å². The molecule has 0 aliphatic heterocycles. The molecule has 0 radical (unpaired) electrons. The van der Waals surface area contributed by atoms with E-state index in [9.17, 15) is 9.90 Å². The third kappa shape index (κ3) is 5.19. The minimum Gasteiger partial charge on any atom is -0.481 e. The van der Waals surface area contributed by atoms with Crippen LogP contribution in [0.15, 0.2) is 22.7 Å². The van der Waals surface area contributed by atoms with Gasteiger partial charge in [-0.3, -0.25) is 4.79 Å². The first-order valence-electron chi connectivity index (χ1n) is 5.39. The van der Waals surface area contributed by atoms with Crippen LogP contribution in [0.5, 0.6) is 0 Å². The average Bonchev–Trinajstić information content (AvgIpc) is 2.28. The van der Waals surface area contributed by atoms with Crippen molar-refractivity contribution in [2.24, 2.45) is 0 Å². The Kier molecular flexibility index (Phi) is 5.44. The molecule has 0 spiro atoms. The van der Waals surface area contributed by atoms with Gasteiger partial charge in [-0.05, 0) is 31.0 Å². The van der Waals surface area contributed by atoms with E-state index in [1.165, 1.54) is 0 Å². The standard InChI is InChI=1S/C12H16BrNO3/c1-8-2-3-9(6-11(8)13)14-7-10(15)4-5-12(16)17/h2-3,6,10,14-15H,4-5,7H2,1H3,(H,16,17). The summed E-state index contributed by atoms with van der Waals surface area (Å²) in [6.07, 6.45) is -0.401. The zero-order valence-corrected chi connectivity index (χ0v) is 11.2. The summed E-state index contributed by atoms with van der Waals surface area (Å²) in [6, 6.07) is 5.82. The smallest absolute Gasteiger partial charge is 0.303 e. The molecule has 3 N–H and O–H groups in total. The number of benzene rings is 1. The molecule has 94 valence electrons. The fourth-order valence-electron chi connectivity index (χ4n) is 1.33. The van der Waals surface area contributed by atoms with Gasteiger partial charge in [0, 0.05) is 23.1 Å². The first-order valence-corrected chi connectivity index (χ1v) is 6.18. The van der Waals surface area contributed by atoms with Gasteiger partial charge < -0.3 is 15.5 Å². The number of carboxylic acids is 1. The summed E-state index contributed by atoms with van der Waals surface area (Å²) in [7, 11) is 0. The summed E-state index contributed by atoms with van der Waals surface area (Å²) in [4.78, 5) is 10.3. The van der Waals surface area contributed by atoms with Gasteiger partial charge in [-0.1, -0.05) is 22.0 Å². The van der Waals surface area contributed by atoms with Gasteiger partial charge >= 0.3 is 5.97 Å². The molecule has 5 heteroatoms. The lowest BCUT2D eigenvalue weighted by atomic mass is 10.2. The minimum absolute atomic E-state index is 0.0135. The van der Waals surface area contributed by atoms with Crippen LogP contribution in [0.1, 0.15) is 18.4 Å². The SMILES string of the molecule is Cc1ccc(NCC(O)CCC(=O)O)cc1Br. The topological polar surface area (TPSA) is 69.6 Å². The molecule has 1 aromatic rings. The fraction of sp³-hybridized carbons (Fsp3) is 0.417. The maximum Gasteiger partial charge on any atom is 0.303 e. The van der Waals surface area contributed by atoms with E-state index in [4.69, 9.17) is 5.11 Å². The number of aryl methyl sites for hydroxylation is 1. The Hall–Kier alpha value is -1.07. The number of hydrogen-bond acceptors (Lipinski definition) is 3. The van der Waals surface area contributed by atoms with Crippen molar-refractivity contribution in [1.29, 1.82) is 0 Å². The van der Waals surface area contributed by atoms with Gasteiger partial charge in [0.2, 0.25) is 0 Å². The van der Waals surface area contributed by atoms with Crippen LogP contribution in [-0.4, -0.2) is 28.8 Å². The van der Waals surface area contributed by atoms with Crippen LogP contribution in [0.4, 0.5) is 5.69 Å². The highest BCUT2D eigenvalue weighted by molar-refractivity contribution is 9.10. The van der Waals surface area contributed by atoms with Crippen LogP contribution in [0.2, 0.25) is 0 Å². The van der Waals surface area contributed by atoms with Crippen molar-refractivity contribution in [2.75, 3.05) is 11.9 Å². The molecule has 0 aromatic heterocycles. The molecule has 0 fully saturated rings. The highest BCUT2D eigenvalue weighted by atomic mass is 79.9. The molecule has 0 aliphatic carbocycles. The number of anilines is 1. The van der Waals surface area contributed by atoms with Crippen molar-refractivity contribution in [1.82, 2.24) is 0 Å². The van der Waals surface area contributed by atoms with Gasteiger partial charge in [0.1, 0.15) is 0 Å². The number of halogens is 1. The van der Waals surface area contributed by atoms with Gasteiger partial charge in [0.25, 0.3) is 0 Å². The molecule has 1 unspecified atom stereocenters. The molecule has 0 heterocycles. The zero-order valence-electron chi connectivity index (χ0n) is 9.61. The number of hydrogen-bond donors (Lipinski definition) is 3. The maximum absolute atomic E-state index is 10.3. The molecule has 0 aliphatic rings. The number of carboxylic acid groups (broad SMARTS) is 1. The number of rotatable bonds is 6. The molecular formula is C12H16BrNO3. The number of aliphatic carboxylic acids is 1. The van der Waals surface area contributed by atoms with Gasteiger partial charge in [-0.25, -0.2) is 0 Å². The third-order valence-electron chi connectivity index (χ3n) is 2.41. The Morgan fingerprint density at radius 1 is 1.53 bits per heavy atom. The molecule has 17 heavy (non-hydrogen) atoms. The van der Waals surface area contributed by atoms with Crippen LogP contribution in [0.3, 0.4) is 0 Å². The monoisotopic (exact) mass is 301 g/mol. The molecule has 0 saturated carbocycles. The predicted molar refractivity (Wildman–Crippen MR) is 70.2 cm³/mol. The number of aliphatic hydroxyl groups excluding tert-OH is 1. The van der Waals surface area contributed by atoms with Crippen molar-refractivity contribution in [3.8, 4) is 0 Å². The molecule has 1 atom stereocenters. The van der Waals surface area contributed by atoms with E-state index in [1.807, 2.05) is 25.1 Å². The van der Waals surface area contributed by atoms with E-state index in [1.54, 1.807) is 0 Å². The quantitative estimate of drug-likeness (QED) is 0.754. The lowest BCUT2D eigenvalue weighted by Crippen LogP contribution is -2.20. The molecule has 1 rings (SSSR count). The number of nitrogens with one attached hydrogen (secondary N) is 1. The van der Waals surface area contributed by atoms with Crippen LogP contribution in [-0.2, 0) is 4.79 Å². The summed E-state index contributed by atoms with van der Waals surface area (Å²) in [5.41, 5.74) is 2.04. The highest BCUT2D eigenvalue weighted by Gasteiger charge is 2.07. The van der Waals surface area contributed by atoms with Gasteiger partial charge in [-0.2, -0.15) is 0 Å². The van der Waals surface area contributed by atoms with Gasteiger partial charge in [0.05, 0.1) is 6.10 Å². The molecule has 1 aromatic carbocycles. The largest absolute Gasteiger partial charge is 0.481 e. The van der Waals surface area contributed by atoms with Gasteiger partial charge in [-0.15, -0.1) is 0 Å². The van der Waals surface area contributed by atoms with E-state index in [-0.39, 0.29) is 12.8 Å². The van der Waals surface area contributed by atoms with Crippen molar-refractivity contribution in [3.63, 3.8) is 0 Å². The van der Waals surface area contributed by atoms with Crippen molar-refractivity contribution >= 4 is 27.6 Å². The predicted octanol–water partition coefficient (Wildman–Crippen LogP) is 2.40. The summed E-state index contributed by atoms with van der Waals surface area (Å²) >= 11 is 3.42. The summed E-state index contributed by atoms with van der Waals surface area (Å²) in [6.45, 7) is 2.35. The molecule has 0 amide bonds. The van der Waals surface area contributed by atoms with Crippen LogP contribution in [0.25, 0.3) is 0 Å². The maximum atomic E-state index is 10.3. The first kappa shape index (κ1) is 14.0. The Balaban J connectivity index is 2.39. The summed E-state index contributed by atoms with van der Waals surface area (Å²) in [5.74, 6) is -0.887. The lowest BCUT2D eigenvalue weighted by Gasteiger charge is -2.12. The molecule has 0 saturated heterocycles. The Labute approximate surface area is 109 Å². The Morgan fingerprint density at radius 2 is 2.24 bits per heavy atom. The van der Waals surface area contributed by atoms with E-state index in [2.05, 4.69) is 21.2 Å². The average molecular weight is 302 g/mol. The third-order valence-corrected chi connectivity index (χ3v) is 3.26. The summed E-state index contributed by atoms with van der Waals surface area (Å²) < 4.78 is 1.00. The van der Waals surface area contributed by atoms with E-state index < -0.39 is 12.1 Å². The summed E-state index contributed by atoms with van der Waals surface area (Å²) in [5, 5.41) is 21.1. The van der Waals surface area contributed by atoms with E-state index in [0.29, 0.717) is 6.54 Å². The molecular weight excluding hydrogens is 286 g/mol. The first-order chi connectivity index (χ1) is 7.99. The lowest BCUT2D eigenvalue weighted by molar-refractivity contribution is -0.137. The highest BCUT2D eigenvalue weighted by Crippen LogP contribution is 2.20. The Morgan fingerprint density at radius 3 is 2.82 bits per heavy atom. The zero-order chi connectivity index (χ0) is 12.8. The number of aliphatic hydroxyl groups is 1. The second-order valence-corrected chi connectivity index (χ2v) is 4.79. The Bertz CT molecular complexity index is 395. The van der Waals surface area contributed by atoms with Crippen LogP contribution >= 0.6 is 15.9 Å². The second-order valence-electron chi connectivity index (χ2n) is 3.93.